The molecule has 4 N–H and O–H groups in total. The summed E-state index contributed by atoms with van der Waals surface area (Å²) in [6.07, 6.45) is 31.6. The Labute approximate surface area is 325 Å². The Hall–Kier alpha value is 0.650. The first-order valence-electron chi connectivity index (χ1n) is 21.3. The largest absolute Gasteiger partial charge is 0.405 e. The number of quaternary nitrogens is 1. The molecule has 0 aliphatic rings. The number of thioether (sulfide) groups is 2. The summed E-state index contributed by atoms with van der Waals surface area (Å²) >= 11 is 4.18. The van der Waals surface area contributed by atoms with E-state index in [0.29, 0.717) is 44.0 Å². The molecule has 0 amide bonds. The minimum Gasteiger partial charge on any atom is -0.396 e. The van der Waals surface area contributed by atoms with Crippen molar-refractivity contribution in [1.29, 1.82) is 0 Å². The van der Waals surface area contributed by atoms with Crippen molar-refractivity contribution in [2.45, 2.75) is 167 Å². The Bertz CT molecular complexity index is 697. The molecule has 308 valence electrons. The number of likely N-dealkylation sites (N-methyl/N-ethyl adjacent to an activating group) is 1. The third-order valence-corrected chi connectivity index (χ3v) is 13.5. The number of aliphatic hydroxyl groups is 3. The van der Waals surface area contributed by atoms with Crippen molar-refractivity contribution in [3.8, 4) is 0 Å². The molecule has 0 aromatic rings. The number of hydrogen-bond acceptors (Lipinski definition) is 8. The summed E-state index contributed by atoms with van der Waals surface area (Å²) in [6.45, 7) is 3.65. The summed E-state index contributed by atoms with van der Waals surface area (Å²) in [5, 5.41) is 30.1. The SMILES string of the molecule is C[N+](C)(CCO)CCNP(=O)(OCCCCCCCCCCCSCCCCCCO)OCCCCCCCCCCCSCCCCCCO. The van der Waals surface area contributed by atoms with Crippen molar-refractivity contribution in [3.63, 3.8) is 0 Å². The smallest absolute Gasteiger partial charge is 0.396 e. The van der Waals surface area contributed by atoms with Crippen LogP contribution >= 0.6 is 31.3 Å². The van der Waals surface area contributed by atoms with Crippen LogP contribution in [0, 0.1) is 0 Å². The quantitative estimate of drug-likeness (QED) is 0.0273. The van der Waals surface area contributed by atoms with E-state index < -0.39 is 7.75 Å². The van der Waals surface area contributed by atoms with E-state index >= 15 is 0 Å². The first-order chi connectivity index (χ1) is 24.9. The average molecular weight is 786 g/mol. The van der Waals surface area contributed by atoms with Gasteiger partial charge in [-0.1, -0.05) is 116 Å². The van der Waals surface area contributed by atoms with Gasteiger partial charge in [0.05, 0.1) is 47.0 Å². The predicted molar refractivity (Wildman–Crippen MR) is 225 cm³/mol. The molecule has 0 unspecified atom stereocenters. The maximum atomic E-state index is 13.6. The maximum Gasteiger partial charge on any atom is 0.405 e. The standard InChI is InChI=1S/C40H86N2O6PS2/c1-42(2,31-34-45)30-29-41-49(46,47-35-23-15-9-5-3-7-11-17-25-37-50-39-27-19-13-21-32-43)48-36-24-16-10-6-4-8-12-18-26-38-51-40-28-20-14-22-33-44/h43-45H,3-40H2,1-2H3,(H,41,46)/q+1. The lowest BCUT2D eigenvalue weighted by Crippen LogP contribution is -2.46. The monoisotopic (exact) mass is 786 g/mol. The minimum absolute atomic E-state index is 0.136. The van der Waals surface area contributed by atoms with Crippen LogP contribution in [0.25, 0.3) is 0 Å². The predicted octanol–water partition coefficient (Wildman–Crippen LogP) is 10.4. The Kier molecular flexibility index (Phi) is 40.8. The van der Waals surface area contributed by atoms with Crippen LogP contribution in [-0.4, -0.2) is 110 Å². The number of nitrogens with one attached hydrogen (secondary N) is 1. The number of hydrogen-bond donors (Lipinski definition) is 4. The molecule has 0 atom stereocenters. The third kappa shape index (κ3) is 40.1. The molecule has 0 radical (unpaired) electrons. The second-order valence-electron chi connectivity index (χ2n) is 15.0. The summed E-state index contributed by atoms with van der Waals surface area (Å²) < 4.78 is 26.0. The highest BCUT2D eigenvalue weighted by Gasteiger charge is 2.25. The average Bonchev–Trinajstić information content (AvgIpc) is 3.10. The number of rotatable bonds is 44. The van der Waals surface area contributed by atoms with Gasteiger partial charge in [-0.15, -0.1) is 0 Å². The molecule has 0 heterocycles. The molecule has 8 nitrogen and oxygen atoms in total. The minimum atomic E-state index is -3.35. The Balaban J connectivity index is 3.95. The molecular weight excluding hydrogens is 700 g/mol. The van der Waals surface area contributed by atoms with Gasteiger partial charge < -0.3 is 19.8 Å². The highest BCUT2D eigenvalue weighted by molar-refractivity contribution is 7.99. The number of nitrogens with zero attached hydrogens (tertiary/aromatic N) is 1. The number of unbranched alkanes of at least 4 members (excludes halogenated alkanes) is 22. The van der Waals surface area contributed by atoms with Crippen LogP contribution < -0.4 is 5.09 Å². The van der Waals surface area contributed by atoms with E-state index in [4.69, 9.17) is 19.3 Å². The van der Waals surface area contributed by atoms with Gasteiger partial charge >= 0.3 is 7.75 Å². The van der Waals surface area contributed by atoms with Crippen molar-refractivity contribution in [2.24, 2.45) is 0 Å². The van der Waals surface area contributed by atoms with Gasteiger partial charge in [0.2, 0.25) is 0 Å². The molecule has 11 heteroatoms. The third-order valence-electron chi connectivity index (χ3n) is 9.51. The van der Waals surface area contributed by atoms with E-state index in [-0.39, 0.29) is 6.61 Å². The normalized spacial score (nSPS) is 12.3. The molecule has 0 bridgehead atoms. The van der Waals surface area contributed by atoms with Crippen LogP contribution in [0.1, 0.15) is 167 Å². The molecule has 0 aliphatic heterocycles. The second kappa shape index (κ2) is 40.3. The highest BCUT2D eigenvalue weighted by Crippen LogP contribution is 2.44. The Morgan fingerprint density at radius 1 is 0.451 bits per heavy atom. The van der Waals surface area contributed by atoms with Crippen LogP contribution in [0.2, 0.25) is 0 Å². The van der Waals surface area contributed by atoms with E-state index in [0.717, 1.165) is 57.9 Å². The van der Waals surface area contributed by atoms with Crippen molar-refractivity contribution in [3.05, 3.63) is 0 Å². The lowest BCUT2D eigenvalue weighted by molar-refractivity contribution is -0.889. The van der Waals surface area contributed by atoms with Gasteiger partial charge in [0, 0.05) is 13.2 Å². The van der Waals surface area contributed by atoms with Gasteiger partial charge in [0.25, 0.3) is 0 Å². The fraction of sp³-hybridized carbons (Fsp3) is 1.00. The lowest BCUT2D eigenvalue weighted by atomic mass is 10.1. The van der Waals surface area contributed by atoms with Gasteiger partial charge in [-0.25, -0.2) is 9.65 Å². The first-order valence-corrected chi connectivity index (χ1v) is 25.2. The summed E-state index contributed by atoms with van der Waals surface area (Å²) in [7, 11) is 0.787. The van der Waals surface area contributed by atoms with Crippen LogP contribution in [0.5, 0.6) is 0 Å². The summed E-state index contributed by atoms with van der Waals surface area (Å²) in [6, 6.07) is 0. The molecule has 0 rings (SSSR count). The Morgan fingerprint density at radius 3 is 1.10 bits per heavy atom. The van der Waals surface area contributed by atoms with Crippen molar-refractivity contribution in [1.82, 2.24) is 5.09 Å². The van der Waals surface area contributed by atoms with Crippen molar-refractivity contribution in [2.75, 3.05) is 89.8 Å². The van der Waals surface area contributed by atoms with E-state index in [2.05, 4.69) is 42.7 Å². The fourth-order valence-electron chi connectivity index (χ4n) is 6.00. The maximum absolute atomic E-state index is 13.6. The topological polar surface area (TPSA) is 108 Å². The van der Waals surface area contributed by atoms with Crippen LogP contribution in [0.4, 0.5) is 0 Å². The van der Waals surface area contributed by atoms with Gasteiger partial charge in [0.1, 0.15) is 6.54 Å². The fourth-order valence-corrected chi connectivity index (χ4v) is 9.41. The Morgan fingerprint density at radius 2 is 0.765 bits per heavy atom. The van der Waals surface area contributed by atoms with Gasteiger partial charge in [-0.3, -0.25) is 9.05 Å². The summed E-state index contributed by atoms with van der Waals surface area (Å²) in [5.41, 5.74) is 0. The molecule has 0 aromatic heterocycles. The van der Waals surface area contributed by atoms with Crippen LogP contribution in [0.3, 0.4) is 0 Å². The van der Waals surface area contributed by atoms with E-state index in [1.165, 1.54) is 139 Å². The molecule has 51 heavy (non-hydrogen) atoms. The van der Waals surface area contributed by atoms with Crippen LogP contribution in [0.15, 0.2) is 0 Å². The first kappa shape index (κ1) is 51.6. The summed E-state index contributed by atoms with van der Waals surface area (Å²) in [4.78, 5) is 0. The van der Waals surface area contributed by atoms with Gasteiger partial charge in [-0.2, -0.15) is 23.5 Å². The molecule has 0 spiro atoms. The zero-order valence-corrected chi connectivity index (χ0v) is 36.2. The van der Waals surface area contributed by atoms with Gasteiger partial charge in [-0.05, 0) is 74.4 Å². The zero-order chi connectivity index (χ0) is 37.4. The van der Waals surface area contributed by atoms with Crippen molar-refractivity contribution < 1.29 is 33.4 Å². The molecule has 0 aliphatic carbocycles. The van der Waals surface area contributed by atoms with E-state index in [9.17, 15) is 9.67 Å². The van der Waals surface area contributed by atoms with Gasteiger partial charge in [0.15, 0.2) is 0 Å². The highest BCUT2D eigenvalue weighted by atomic mass is 32.2. The lowest BCUT2D eigenvalue weighted by Gasteiger charge is -2.29. The molecule has 0 saturated heterocycles. The zero-order valence-electron chi connectivity index (χ0n) is 33.6. The van der Waals surface area contributed by atoms with Crippen molar-refractivity contribution >= 4 is 31.3 Å². The second-order valence-corrected chi connectivity index (χ2v) is 19.3. The van der Waals surface area contributed by atoms with Crippen LogP contribution in [-0.2, 0) is 13.6 Å². The number of aliphatic hydroxyl groups excluding tert-OH is 3. The molecule has 0 saturated carbocycles. The van der Waals surface area contributed by atoms with E-state index in [1.54, 1.807) is 0 Å². The molecular formula is C40H86N2O6PS2+. The molecule has 0 fully saturated rings. The van der Waals surface area contributed by atoms with E-state index in [1.807, 2.05) is 0 Å². The summed E-state index contributed by atoms with van der Waals surface area (Å²) in [5.74, 6) is 5.12. The molecule has 0 aromatic carbocycles.